The molecule has 0 unspecified atom stereocenters. The van der Waals surface area contributed by atoms with Crippen molar-refractivity contribution in [1.82, 2.24) is 4.98 Å². The van der Waals surface area contributed by atoms with E-state index in [2.05, 4.69) is 58.0 Å². The first-order chi connectivity index (χ1) is 12.8. The number of fused-ring (bicyclic) bond motifs is 2. The molecule has 3 heteroatoms. The van der Waals surface area contributed by atoms with Gasteiger partial charge < -0.3 is 0 Å². The maximum Gasteiger partial charge on any atom is 0.264 e. The second-order valence-electron chi connectivity index (χ2n) is 8.50. The van der Waals surface area contributed by atoms with Crippen LogP contribution in [0.2, 0.25) is 0 Å². The van der Waals surface area contributed by atoms with Gasteiger partial charge in [0.1, 0.15) is 0 Å². The molecule has 2 aromatic carbocycles. The Balaban J connectivity index is 1.85. The highest BCUT2D eigenvalue weighted by atomic mass is 16.2. The van der Waals surface area contributed by atoms with Crippen LogP contribution in [-0.2, 0) is 6.42 Å². The number of carbonyl (C=O) groups excluding carboxylic acids is 1. The molecule has 3 aromatic rings. The number of pyridine rings is 1. The van der Waals surface area contributed by atoms with E-state index >= 15 is 0 Å². The van der Waals surface area contributed by atoms with E-state index in [1.807, 2.05) is 23.1 Å². The van der Waals surface area contributed by atoms with Crippen molar-refractivity contribution in [2.45, 2.75) is 34.1 Å². The van der Waals surface area contributed by atoms with Crippen LogP contribution in [0.1, 0.15) is 46.6 Å². The number of anilines is 1. The predicted molar refractivity (Wildman–Crippen MR) is 110 cm³/mol. The van der Waals surface area contributed by atoms with Crippen molar-refractivity contribution in [1.29, 1.82) is 0 Å². The smallest absolute Gasteiger partial charge is 0.264 e. The van der Waals surface area contributed by atoms with Crippen molar-refractivity contribution in [3.63, 3.8) is 0 Å². The Bertz CT molecular complexity index is 1150. The molecule has 3 nitrogen and oxygen atoms in total. The number of aromatic nitrogens is 1. The second kappa shape index (κ2) is 5.29. The summed E-state index contributed by atoms with van der Waals surface area (Å²) in [5.41, 5.74) is 7.96. The van der Waals surface area contributed by atoms with Crippen molar-refractivity contribution < 1.29 is 4.79 Å². The molecule has 1 aromatic heterocycles. The quantitative estimate of drug-likeness (QED) is 0.583. The van der Waals surface area contributed by atoms with Gasteiger partial charge in [-0.1, -0.05) is 49.2 Å². The molecular formula is C24H22N2O. The fourth-order valence-electron chi connectivity index (χ4n) is 4.33. The van der Waals surface area contributed by atoms with E-state index in [9.17, 15) is 4.79 Å². The first-order valence-electron chi connectivity index (χ1n) is 9.42. The van der Waals surface area contributed by atoms with E-state index in [-0.39, 0.29) is 11.3 Å². The van der Waals surface area contributed by atoms with Crippen molar-refractivity contribution >= 4 is 28.2 Å². The summed E-state index contributed by atoms with van der Waals surface area (Å²) in [6.07, 6.45) is 3.09. The van der Waals surface area contributed by atoms with Crippen LogP contribution in [0, 0.1) is 19.3 Å². The molecule has 0 radical (unpaired) electrons. The number of rotatable bonds is 1. The van der Waals surface area contributed by atoms with Crippen molar-refractivity contribution in [2.75, 3.05) is 4.90 Å². The zero-order valence-corrected chi connectivity index (χ0v) is 16.1. The maximum atomic E-state index is 13.6. The Kier molecular flexibility index (Phi) is 3.18. The number of aryl methyl sites for hydroxylation is 2. The monoisotopic (exact) mass is 354 g/mol. The van der Waals surface area contributed by atoms with Crippen molar-refractivity contribution in [2.24, 2.45) is 5.41 Å². The summed E-state index contributed by atoms with van der Waals surface area (Å²) in [5, 5.41) is 0.957. The number of hydrogen-bond donors (Lipinski definition) is 0. The summed E-state index contributed by atoms with van der Waals surface area (Å²) in [6, 6.07) is 14.4. The van der Waals surface area contributed by atoms with E-state index in [4.69, 9.17) is 4.98 Å². The molecule has 1 aliphatic carbocycles. The SMILES string of the molecule is Cc1ccc(N2C(=O)c3c4c(nc5ccc(C)cc35)CC(C)(C)C=C42)cc1. The highest BCUT2D eigenvalue weighted by Crippen LogP contribution is 2.47. The van der Waals surface area contributed by atoms with Gasteiger partial charge in [0.2, 0.25) is 0 Å². The number of amides is 1. The van der Waals surface area contributed by atoms with Crippen molar-refractivity contribution in [3.05, 3.63) is 76.5 Å². The van der Waals surface area contributed by atoms with Gasteiger partial charge in [-0.3, -0.25) is 14.7 Å². The standard InChI is InChI=1S/C24H22N2O/c1-14-5-8-16(9-6-14)26-20-13-24(3,4)12-19-22(20)21(23(26)27)17-11-15(2)7-10-18(17)25-19/h5-11,13H,12H2,1-4H3. The highest BCUT2D eigenvalue weighted by Gasteiger charge is 2.42. The average molecular weight is 354 g/mol. The Morgan fingerprint density at radius 2 is 1.67 bits per heavy atom. The number of carbonyl (C=O) groups is 1. The summed E-state index contributed by atoms with van der Waals surface area (Å²) >= 11 is 0. The molecule has 0 saturated heterocycles. The third-order valence-corrected chi connectivity index (χ3v) is 5.57. The van der Waals surface area contributed by atoms with Gasteiger partial charge in [0, 0.05) is 16.6 Å². The summed E-state index contributed by atoms with van der Waals surface area (Å²) in [5.74, 6) is 0.0528. The van der Waals surface area contributed by atoms with Gasteiger partial charge >= 0.3 is 0 Å². The van der Waals surface area contributed by atoms with Crippen molar-refractivity contribution in [3.8, 4) is 0 Å². The lowest BCUT2D eigenvalue weighted by molar-refractivity contribution is 0.101. The van der Waals surface area contributed by atoms with E-state index < -0.39 is 0 Å². The lowest BCUT2D eigenvalue weighted by atomic mass is 9.79. The minimum atomic E-state index is -0.0431. The zero-order chi connectivity index (χ0) is 18.9. The summed E-state index contributed by atoms with van der Waals surface area (Å²) in [6.45, 7) is 8.54. The predicted octanol–water partition coefficient (Wildman–Crippen LogP) is 5.44. The van der Waals surface area contributed by atoms with Gasteiger partial charge in [-0.15, -0.1) is 0 Å². The molecule has 0 spiro atoms. The molecule has 1 amide bonds. The molecule has 0 saturated carbocycles. The molecule has 0 atom stereocenters. The number of nitrogens with zero attached hydrogens (tertiary/aromatic N) is 2. The van der Waals surface area contributed by atoms with Crippen LogP contribution in [0.4, 0.5) is 5.69 Å². The number of hydrogen-bond acceptors (Lipinski definition) is 2. The third-order valence-electron chi connectivity index (χ3n) is 5.57. The van der Waals surface area contributed by atoms with Gasteiger partial charge in [0.05, 0.1) is 22.5 Å². The van der Waals surface area contributed by atoms with Crippen LogP contribution < -0.4 is 4.90 Å². The summed E-state index contributed by atoms with van der Waals surface area (Å²) < 4.78 is 0. The molecule has 2 aliphatic rings. The molecule has 0 fully saturated rings. The molecule has 5 rings (SSSR count). The number of benzene rings is 2. The van der Waals surface area contributed by atoms with Crippen LogP contribution in [0.3, 0.4) is 0 Å². The fraction of sp³-hybridized carbons (Fsp3) is 0.250. The Labute approximate surface area is 159 Å². The molecular weight excluding hydrogens is 332 g/mol. The van der Waals surface area contributed by atoms with Gasteiger partial charge in [0.25, 0.3) is 5.91 Å². The van der Waals surface area contributed by atoms with E-state index in [1.54, 1.807) is 0 Å². The van der Waals surface area contributed by atoms with Gasteiger partial charge in [0.15, 0.2) is 0 Å². The zero-order valence-electron chi connectivity index (χ0n) is 16.1. The maximum absolute atomic E-state index is 13.6. The van der Waals surface area contributed by atoms with Crippen LogP contribution in [0.25, 0.3) is 16.6 Å². The second-order valence-corrected chi connectivity index (χ2v) is 8.50. The van der Waals surface area contributed by atoms with Crippen LogP contribution in [0.5, 0.6) is 0 Å². The third kappa shape index (κ3) is 2.34. The first kappa shape index (κ1) is 16.2. The van der Waals surface area contributed by atoms with Gasteiger partial charge in [-0.2, -0.15) is 0 Å². The summed E-state index contributed by atoms with van der Waals surface area (Å²) in [4.78, 5) is 20.5. The Morgan fingerprint density at radius 1 is 0.963 bits per heavy atom. The van der Waals surface area contributed by atoms with E-state index in [1.165, 1.54) is 5.56 Å². The van der Waals surface area contributed by atoms with Gasteiger partial charge in [-0.25, -0.2) is 0 Å². The lowest BCUT2D eigenvalue weighted by Crippen LogP contribution is -2.26. The molecule has 0 N–H and O–H groups in total. The van der Waals surface area contributed by atoms with Crippen LogP contribution >= 0.6 is 0 Å². The molecule has 0 bridgehead atoms. The molecule has 27 heavy (non-hydrogen) atoms. The van der Waals surface area contributed by atoms with Crippen LogP contribution in [0.15, 0.2) is 48.5 Å². The fourth-order valence-corrected chi connectivity index (χ4v) is 4.33. The van der Waals surface area contributed by atoms with Crippen LogP contribution in [-0.4, -0.2) is 10.9 Å². The minimum absolute atomic E-state index is 0.0431. The molecule has 2 heterocycles. The highest BCUT2D eigenvalue weighted by molar-refractivity contribution is 6.27. The normalized spacial score (nSPS) is 17.3. The lowest BCUT2D eigenvalue weighted by Gasteiger charge is -2.30. The largest absolute Gasteiger partial charge is 0.277 e. The minimum Gasteiger partial charge on any atom is -0.277 e. The molecule has 1 aliphatic heterocycles. The van der Waals surface area contributed by atoms with E-state index in [0.717, 1.165) is 51.1 Å². The average Bonchev–Trinajstić information content (AvgIpc) is 2.89. The summed E-state index contributed by atoms with van der Waals surface area (Å²) in [7, 11) is 0. The Hall–Kier alpha value is -2.94. The topological polar surface area (TPSA) is 33.2 Å². The Morgan fingerprint density at radius 3 is 2.41 bits per heavy atom. The first-order valence-corrected chi connectivity index (χ1v) is 9.42. The van der Waals surface area contributed by atoms with E-state index in [0.29, 0.717) is 0 Å². The number of allylic oxidation sites excluding steroid dienone is 1. The van der Waals surface area contributed by atoms with Gasteiger partial charge in [-0.05, 0) is 49.9 Å². The molecule has 134 valence electrons.